The average molecular weight is 262 g/mol. The van der Waals surface area contributed by atoms with Gasteiger partial charge in [-0.1, -0.05) is 12.1 Å². The zero-order valence-corrected chi connectivity index (χ0v) is 10.1. The van der Waals surface area contributed by atoms with Gasteiger partial charge in [-0.2, -0.15) is 0 Å². The van der Waals surface area contributed by atoms with Gasteiger partial charge in [-0.05, 0) is 29.8 Å². The van der Waals surface area contributed by atoms with E-state index in [9.17, 15) is 8.78 Å². The van der Waals surface area contributed by atoms with E-state index in [2.05, 4.69) is 0 Å². The summed E-state index contributed by atoms with van der Waals surface area (Å²) < 4.78 is 37.0. The second-order valence-corrected chi connectivity index (χ2v) is 4.41. The van der Waals surface area contributed by atoms with Crippen LogP contribution in [-0.4, -0.2) is 19.3 Å². The molecule has 1 atom stereocenters. The third-order valence-electron chi connectivity index (χ3n) is 2.93. The van der Waals surface area contributed by atoms with E-state index in [1.54, 1.807) is 24.3 Å². The van der Waals surface area contributed by atoms with Gasteiger partial charge >= 0.3 is 0 Å². The number of ether oxygens (including phenoxy) is 2. The van der Waals surface area contributed by atoms with Crippen LogP contribution in [0.4, 0.5) is 8.78 Å². The average Bonchev–Trinajstić information content (AvgIpc) is 3.21. The Kier molecular flexibility index (Phi) is 3.17. The van der Waals surface area contributed by atoms with Crippen molar-refractivity contribution in [3.05, 3.63) is 54.1 Å². The van der Waals surface area contributed by atoms with Crippen LogP contribution in [0.5, 0.6) is 5.75 Å². The van der Waals surface area contributed by atoms with E-state index in [4.69, 9.17) is 9.47 Å². The summed E-state index contributed by atoms with van der Waals surface area (Å²) in [4.78, 5) is 0. The highest BCUT2D eigenvalue weighted by atomic mass is 19.1. The fourth-order valence-electron chi connectivity index (χ4n) is 1.81. The molecule has 0 aliphatic carbocycles. The second-order valence-electron chi connectivity index (χ2n) is 4.41. The molecule has 0 N–H and O–H groups in total. The predicted octanol–water partition coefficient (Wildman–Crippen LogP) is 3.41. The molecule has 0 saturated carbocycles. The smallest absolute Gasteiger partial charge is 0.133 e. The fraction of sp³-hybridized carbons (Fsp3) is 0.200. The van der Waals surface area contributed by atoms with Gasteiger partial charge in [0.1, 0.15) is 30.1 Å². The molecule has 1 heterocycles. The summed E-state index contributed by atoms with van der Waals surface area (Å²) in [7, 11) is 0. The fourth-order valence-corrected chi connectivity index (χ4v) is 1.81. The van der Waals surface area contributed by atoms with Crippen LogP contribution in [0.25, 0.3) is 11.1 Å². The summed E-state index contributed by atoms with van der Waals surface area (Å²) in [5.74, 6) is -0.438. The molecule has 1 fully saturated rings. The van der Waals surface area contributed by atoms with Gasteiger partial charge in [-0.3, -0.25) is 0 Å². The number of hydrogen-bond donors (Lipinski definition) is 0. The van der Waals surface area contributed by atoms with Gasteiger partial charge in [-0.15, -0.1) is 0 Å². The van der Waals surface area contributed by atoms with Crippen LogP contribution in [0.1, 0.15) is 0 Å². The van der Waals surface area contributed by atoms with Gasteiger partial charge in [0.15, 0.2) is 0 Å². The van der Waals surface area contributed by atoms with Crippen molar-refractivity contribution in [2.75, 3.05) is 13.2 Å². The van der Waals surface area contributed by atoms with Crippen molar-refractivity contribution in [1.82, 2.24) is 0 Å². The molecule has 0 amide bonds. The Balaban J connectivity index is 1.76. The molecule has 2 aromatic rings. The first kappa shape index (κ1) is 12.1. The lowest BCUT2D eigenvalue weighted by atomic mass is 10.1. The first-order valence-corrected chi connectivity index (χ1v) is 6.02. The van der Waals surface area contributed by atoms with Crippen molar-refractivity contribution < 1.29 is 18.3 Å². The molecule has 1 unspecified atom stereocenters. The Bertz CT molecular complexity index is 577. The van der Waals surface area contributed by atoms with E-state index in [1.165, 1.54) is 12.1 Å². The highest BCUT2D eigenvalue weighted by Gasteiger charge is 2.22. The summed E-state index contributed by atoms with van der Waals surface area (Å²) in [6.45, 7) is 1.28. The van der Waals surface area contributed by atoms with Crippen LogP contribution in [0, 0.1) is 11.6 Å². The Hall–Kier alpha value is -1.94. The quantitative estimate of drug-likeness (QED) is 0.788. The van der Waals surface area contributed by atoms with Crippen molar-refractivity contribution in [2.45, 2.75) is 6.10 Å². The van der Waals surface area contributed by atoms with E-state index >= 15 is 0 Å². The monoisotopic (exact) mass is 262 g/mol. The SMILES string of the molecule is Fc1ccc(-c2ccc(OCC3CO3)cc2)c(F)c1. The normalized spacial score (nSPS) is 17.3. The summed E-state index contributed by atoms with van der Waals surface area (Å²) in [5.41, 5.74) is 1.06. The molecule has 1 aliphatic rings. The maximum atomic E-state index is 13.6. The summed E-state index contributed by atoms with van der Waals surface area (Å²) in [5, 5.41) is 0. The van der Waals surface area contributed by atoms with E-state index in [1.807, 2.05) is 0 Å². The van der Waals surface area contributed by atoms with Crippen LogP contribution >= 0.6 is 0 Å². The van der Waals surface area contributed by atoms with Crippen LogP contribution in [0.2, 0.25) is 0 Å². The number of halogens is 2. The highest BCUT2D eigenvalue weighted by Crippen LogP contribution is 2.25. The zero-order chi connectivity index (χ0) is 13.2. The molecule has 0 aromatic heterocycles. The van der Waals surface area contributed by atoms with Crippen LogP contribution in [0.15, 0.2) is 42.5 Å². The standard InChI is InChI=1S/C15H12F2O2/c16-11-3-6-14(15(17)7-11)10-1-4-12(5-2-10)18-8-13-9-19-13/h1-7,13H,8-9H2. The van der Waals surface area contributed by atoms with Crippen LogP contribution < -0.4 is 4.74 Å². The third-order valence-corrected chi connectivity index (χ3v) is 2.93. The lowest BCUT2D eigenvalue weighted by molar-refractivity contribution is 0.263. The molecule has 98 valence electrons. The summed E-state index contributed by atoms with van der Waals surface area (Å²) in [6.07, 6.45) is 0.203. The minimum absolute atomic E-state index is 0.203. The molecule has 1 saturated heterocycles. The minimum atomic E-state index is -0.578. The lowest BCUT2D eigenvalue weighted by Crippen LogP contribution is -2.03. The Morgan fingerprint density at radius 3 is 2.47 bits per heavy atom. The van der Waals surface area contributed by atoms with Crippen molar-refractivity contribution in [3.8, 4) is 16.9 Å². The molecule has 3 rings (SSSR count). The molecular weight excluding hydrogens is 250 g/mol. The summed E-state index contributed by atoms with van der Waals surface area (Å²) in [6, 6.07) is 10.6. The van der Waals surface area contributed by atoms with Gasteiger partial charge < -0.3 is 9.47 Å². The number of rotatable bonds is 4. The van der Waals surface area contributed by atoms with Crippen molar-refractivity contribution in [3.63, 3.8) is 0 Å². The topological polar surface area (TPSA) is 21.8 Å². The van der Waals surface area contributed by atoms with Crippen molar-refractivity contribution >= 4 is 0 Å². The van der Waals surface area contributed by atoms with Gasteiger partial charge in [0.05, 0.1) is 6.61 Å². The molecular formula is C15H12F2O2. The van der Waals surface area contributed by atoms with Crippen molar-refractivity contribution in [2.24, 2.45) is 0 Å². The van der Waals surface area contributed by atoms with E-state index in [0.29, 0.717) is 23.5 Å². The maximum Gasteiger partial charge on any atom is 0.133 e. The first-order chi connectivity index (χ1) is 9.22. The Morgan fingerprint density at radius 1 is 1.11 bits per heavy atom. The summed E-state index contributed by atoms with van der Waals surface area (Å²) >= 11 is 0. The Morgan fingerprint density at radius 2 is 1.84 bits per heavy atom. The first-order valence-electron chi connectivity index (χ1n) is 6.02. The van der Waals surface area contributed by atoms with Gasteiger partial charge in [0.2, 0.25) is 0 Å². The van der Waals surface area contributed by atoms with Crippen LogP contribution in [0.3, 0.4) is 0 Å². The number of epoxide rings is 1. The predicted molar refractivity (Wildman–Crippen MR) is 67.0 cm³/mol. The Labute approximate surface area is 109 Å². The molecule has 0 bridgehead atoms. The van der Waals surface area contributed by atoms with Gasteiger partial charge in [0, 0.05) is 11.6 Å². The molecule has 1 aliphatic heterocycles. The zero-order valence-electron chi connectivity index (χ0n) is 10.1. The maximum absolute atomic E-state index is 13.6. The van der Waals surface area contributed by atoms with Gasteiger partial charge in [-0.25, -0.2) is 8.78 Å². The lowest BCUT2D eigenvalue weighted by Gasteiger charge is -2.07. The largest absolute Gasteiger partial charge is 0.491 e. The molecule has 2 aromatic carbocycles. The minimum Gasteiger partial charge on any atom is -0.491 e. The van der Waals surface area contributed by atoms with E-state index < -0.39 is 11.6 Å². The van der Waals surface area contributed by atoms with Crippen LogP contribution in [-0.2, 0) is 4.74 Å². The molecule has 0 spiro atoms. The van der Waals surface area contributed by atoms with Gasteiger partial charge in [0.25, 0.3) is 0 Å². The molecule has 2 nitrogen and oxygen atoms in total. The molecule has 0 radical (unpaired) electrons. The second kappa shape index (κ2) is 4.97. The molecule has 4 heteroatoms. The van der Waals surface area contributed by atoms with Crippen molar-refractivity contribution in [1.29, 1.82) is 0 Å². The molecule has 19 heavy (non-hydrogen) atoms. The van der Waals surface area contributed by atoms with E-state index in [0.717, 1.165) is 12.7 Å². The number of hydrogen-bond acceptors (Lipinski definition) is 2. The van der Waals surface area contributed by atoms with E-state index in [-0.39, 0.29) is 6.10 Å². The number of benzene rings is 2. The highest BCUT2D eigenvalue weighted by molar-refractivity contribution is 5.64. The third kappa shape index (κ3) is 2.90.